The molecule has 1 nitrogen and oxygen atoms in total. The van der Waals surface area contributed by atoms with Crippen molar-refractivity contribution in [3.63, 3.8) is 0 Å². The molecule has 1 heterocycles. The van der Waals surface area contributed by atoms with Crippen LogP contribution in [-0.4, -0.2) is 5.60 Å². The second kappa shape index (κ2) is 4.52. The molecule has 0 aromatic rings. The molecular weight excluding hydrogens is 256 g/mol. The van der Waals surface area contributed by atoms with Gasteiger partial charge in [-0.2, -0.15) is 0 Å². The van der Waals surface area contributed by atoms with E-state index in [1.165, 1.54) is 50.7 Å². The van der Waals surface area contributed by atoms with Crippen molar-refractivity contribution in [2.24, 2.45) is 22.2 Å². The summed E-state index contributed by atoms with van der Waals surface area (Å²) < 4.78 is 6.88. The van der Waals surface area contributed by atoms with Crippen LogP contribution in [0, 0.1) is 22.2 Å². The van der Waals surface area contributed by atoms with E-state index < -0.39 is 0 Å². The molecule has 120 valence electrons. The second-order valence-electron chi connectivity index (χ2n) is 9.23. The van der Waals surface area contributed by atoms with Crippen LogP contribution in [0.15, 0.2) is 11.8 Å². The Labute approximate surface area is 131 Å². The van der Waals surface area contributed by atoms with Crippen molar-refractivity contribution in [2.75, 3.05) is 0 Å². The molecule has 2 fully saturated rings. The van der Waals surface area contributed by atoms with Gasteiger partial charge in [0.1, 0.15) is 5.60 Å². The summed E-state index contributed by atoms with van der Waals surface area (Å²) in [6.07, 6.45) is 11.7. The quantitative estimate of drug-likeness (QED) is 0.567. The van der Waals surface area contributed by atoms with Gasteiger partial charge >= 0.3 is 0 Å². The molecule has 2 aliphatic carbocycles. The molecule has 0 amide bonds. The highest BCUT2D eigenvalue weighted by atomic mass is 16.5. The van der Waals surface area contributed by atoms with Gasteiger partial charge in [0.15, 0.2) is 0 Å². The van der Waals surface area contributed by atoms with Gasteiger partial charge in [0.2, 0.25) is 0 Å². The monoisotopic (exact) mass is 290 g/mol. The van der Waals surface area contributed by atoms with Crippen LogP contribution in [0.1, 0.15) is 86.5 Å². The summed E-state index contributed by atoms with van der Waals surface area (Å²) in [5.74, 6) is 2.03. The van der Waals surface area contributed by atoms with Gasteiger partial charge in [-0.05, 0) is 56.4 Å². The third kappa shape index (κ3) is 1.75. The SMILES string of the molecule is CC12CCCC=C1OC(C)(C1CCCC1)C(C)(C)C2(C)C. The van der Waals surface area contributed by atoms with Crippen LogP contribution < -0.4 is 0 Å². The van der Waals surface area contributed by atoms with Crippen LogP contribution in [0.5, 0.6) is 0 Å². The fraction of sp³-hybridized carbons (Fsp3) is 0.900. The third-order valence-electron chi connectivity index (χ3n) is 8.39. The van der Waals surface area contributed by atoms with Crippen molar-refractivity contribution < 1.29 is 4.74 Å². The van der Waals surface area contributed by atoms with Gasteiger partial charge < -0.3 is 4.74 Å². The normalized spacial score (nSPS) is 42.1. The average Bonchev–Trinajstić information content (AvgIpc) is 2.94. The first kappa shape index (κ1) is 15.4. The Morgan fingerprint density at radius 3 is 2.14 bits per heavy atom. The minimum absolute atomic E-state index is 0.0182. The molecule has 1 aliphatic heterocycles. The van der Waals surface area contributed by atoms with Gasteiger partial charge in [-0.15, -0.1) is 0 Å². The molecule has 1 heteroatoms. The Balaban J connectivity index is 2.10. The van der Waals surface area contributed by atoms with Gasteiger partial charge in [-0.3, -0.25) is 0 Å². The molecule has 0 bridgehead atoms. The Kier molecular flexibility index (Phi) is 3.32. The summed E-state index contributed by atoms with van der Waals surface area (Å²) in [7, 11) is 0. The van der Waals surface area contributed by atoms with Gasteiger partial charge in [0, 0.05) is 10.8 Å². The molecule has 21 heavy (non-hydrogen) atoms. The van der Waals surface area contributed by atoms with Crippen LogP contribution in [0.3, 0.4) is 0 Å². The molecule has 1 saturated carbocycles. The zero-order valence-electron chi connectivity index (χ0n) is 15.0. The summed E-state index contributed by atoms with van der Waals surface area (Å²) >= 11 is 0. The lowest BCUT2D eigenvalue weighted by atomic mass is 9.44. The molecule has 3 aliphatic rings. The maximum Gasteiger partial charge on any atom is 0.114 e. The molecule has 1 saturated heterocycles. The van der Waals surface area contributed by atoms with Crippen LogP contribution in [-0.2, 0) is 4.74 Å². The molecule has 0 aromatic carbocycles. The summed E-state index contributed by atoms with van der Waals surface area (Å²) in [5, 5.41) is 0. The van der Waals surface area contributed by atoms with Gasteiger partial charge in [0.05, 0.1) is 5.76 Å². The number of hydrogen-bond acceptors (Lipinski definition) is 1. The Morgan fingerprint density at radius 2 is 1.52 bits per heavy atom. The van der Waals surface area contributed by atoms with Crippen LogP contribution in [0.4, 0.5) is 0 Å². The summed E-state index contributed by atoms with van der Waals surface area (Å²) in [6.45, 7) is 14.8. The van der Waals surface area contributed by atoms with Gasteiger partial charge in [0.25, 0.3) is 0 Å². The van der Waals surface area contributed by atoms with E-state index in [4.69, 9.17) is 4.74 Å². The van der Waals surface area contributed by atoms with E-state index in [1.54, 1.807) is 0 Å². The zero-order chi connectivity index (χ0) is 15.5. The van der Waals surface area contributed by atoms with E-state index >= 15 is 0 Å². The summed E-state index contributed by atoms with van der Waals surface area (Å²) in [6, 6.07) is 0. The molecule has 0 N–H and O–H groups in total. The van der Waals surface area contributed by atoms with Crippen molar-refractivity contribution in [3.8, 4) is 0 Å². The van der Waals surface area contributed by atoms with Crippen molar-refractivity contribution in [1.29, 1.82) is 0 Å². The summed E-state index contributed by atoms with van der Waals surface area (Å²) in [5.41, 5.74) is 0.614. The predicted octanol–water partition coefficient (Wildman–Crippen LogP) is 6.09. The topological polar surface area (TPSA) is 9.23 Å². The highest BCUT2D eigenvalue weighted by molar-refractivity contribution is 5.25. The number of fused-ring (bicyclic) bond motifs is 1. The molecule has 0 spiro atoms. The number of hydrogen-bond donors (Lipinski definition) is 0. The molecular formula is C20H34O. The van der Waals surface area contributed by atoms with Crippen molar-refractivity contribution in [3.05, 3.63) is 11.8 Å². The lowest BCUT2D eigenvalue weighted by molar-refractivity contribution is -0.250. The third-order valence-corrected chi connectivity index (χ3v) is 8.39. The lowest BCUT2D eigenvalue weighted by Crippen LogP contribution is -2.66. The maximum absolute atomic E-state index is 6.88. The van der Waals surface area contributed by atoms with E-state index in [1.807, 2.05) is 0 Å². The van der Waals surface area contributed by atoms with E-state index in [0.29, 0.717) is 0 Å². The maximum atomic E-state index is 6.88. The van der Waals surface area contributed by atoms with E-state index in [2.05, 4.69) is 47.6 Å². The van der Waals surface area contributed by atoms with Crippen molar-refractivity contribution >= 4 is 0 Å². The highest BCUT2D eigenvalue weighted by Gasteiger charge is 2.67. The fourth-order valence-electron chi connectivity index (χ4n) is 5.55. The lowest BCUT2D eigenvalue weighted by Gasteiger charge is -2.67. The van der Waals surface area contributed by atoms with E-state index in [9.17, 15) is 0 Å². The highest BCUT2D eigenvalue weighted by Crippen LogP contribution is 2.69. The number of ether oxygens (including phenoxy) is 1. The number of rotatable bonds is 1. The number of allylic oxidation sites excluding steroid dienone is 2. The largest absolute Gasteiger partial charge is 0.491 e. The minimum Gasteiger partial charge on any atom is -0.491 e. The summed E-state index contributed by atoms with van der Waals surface area (Å²) in [4.78, 5) is 0. The smallest absolute Gasteiger partial charge is 0.114 e. The van der Waals surface area contributed by atoms with Gasteiger partial charge in [-0.25, -0.2) is 0 Å². The van der Waals surface area contributed by atoms with Crippen LogP contribution >= 0.6 is 0 Å². The van der Waals surface area contributed by atoms with Crippen molar-refractivity contribution in [2.45, 2.75) is 92.1 Å². The van der Waals surface area contributed by atoms with E-state index in [0.717, 1.165) is 5.92 Å². The zero-order valence-corrected chi connectivity index (χ0v) is 15.0. The first-order chi connectivity index (χ1) is 9.67. The van der Waals surface area contributed by atoms with Gasteiger partial charge in [-0.1, -0.05) is 47.5 Å². The Morgan fingerprint density at radius 1 is 0.905 bits per heavy atom. The molecule has 0 aromatic heterocycles. The molecule has 0 radical (unpaired) electrons. The predicted molar refractivity (Wildman–Crippen MR) is 89.1 cm³/mol. The van der Waals surface area contributed by atoms with Crippen LogP contribution in [0.25, 0.3) is 0 Å². The van der Waals surface area contributed by atoms with Crippen molar-refractivity contribution in [1.82, 2.24) is 0 Å². The second-order valence-corrected chi connectivity index (χ2v) is 9.23. The van der Waals surface area contributed by atoms with E-state index in [-0.39, 0.29) is 21.8 Å². The first-order valence-corrected chi connectivity index (χ1v) is 9.06. The average molecular weight is 290 g/mol. The minimum atomic E-state index is -0.0182. The molecule has 2 atom stereocenters. The molecule has 2 unspecified atom stereocenters. The Bertz CT molecular complexity index is 452. The van der Waals surface area contributed by atoms with Crippen LogP contribution in [0.2, 0.25) is 0 Å². The fourth-order valence-corrected chi connectivity index (χ4v) is 5.55. The Hall–Kier alpha value is -0.460. The molecule has 3 rings (SSSR count). The first-order valence-electron chi connectivity index (χ1n) is 9.06. The standard InChI is InChI=1S/C20H34O/c1-17(2)18(3,4)20(6,15-11-7-8-12-15)21-16-13-9-10-14-19(16,17)5/h13,15H,7-12,14H2,1-6H3.